The second-order valence-corrected chi connectivity index (χ2v) is 12.2. The van der Waals surface area contributed by atoms with Crippen molar-refractivity contribution in [3.8, 4) is 11.1 Å². The minimum atomic E-state index is -3.32. The van der Waals surface area contributed by atoms with Crippen molar-refractivity contribution in [3.63, 3.8) is 0 Å². The van der Waals surface area contributed by atoms with Crippen molar-refractivity contribution in [2.24, 2.45) is 5.73 Å². The smallest absolute Gasteiger partial charge is 0.250 e. The summed E-state index contributed by atoms with van der Waals surface area (Å²) >= 11 is 0. The van der Waals surface area contributed by atoms with Gasteiger partial charge in [-0.1, -0.05) is 30.3 Å². The van der Waals surface area contributed by atoms with Crippen molar-refractivity contribution in [2.45, 2.75) is 31.7 Å². The quantitative estimate of drug-likeness (QED) is 0.310. The molecule has 0 aliphatic carbocycles. The number of nitrogens with one attached hydrogen (secondary N) is 1. The molecule has 0 atom stereocenters. The number of H-pyrrole nitrogens is 1. The van der Waals surface area contributed by atoms with Crippen LogP contribution in [-0.4, -0.2) is 60.9 Å². The number of rotatable bonds is 10. The van der Waals surface area contributed by atoms with Crippen LogP contribution in [0.5, 0.6) is 0 Å². The van der Waals surface area contributed by atoms with E-state index in [1.54, 1.807) is 10.6 Å². The van der Waals surface area contributed by atoms with Gasteiger partial charge in [-0.25, -0.2) is 12.7 Å². The largest absolute Gasteiger partial charge is 0.468 e. The molecule has 3 N–H and O–H groups in total. The number of carbonyl (C=O) groups excluding carboxylic acids is 1. The van der Waals surface area contributed by atoms with Crippen molar-refractivity contribution in [1.29, 1.82) is 0 Å². The molecule has 3 heterocycles. The molecule has 0 bridgehead atoms. The van der Waals surface area contributed by atoms with Gasteiger partial charge in [0.05, 0.1) is 29.6 Å². The Labute approximate surface area is 223 Å². The van der Waals surface area contributed by atoms with Gasteiger partial charge >= 0.3 is 0 Å². The number of piperidine rings is 1. The topological polar surface area (TPSA) is 113 Å². The van der Waals surface area contributed by atoms with Crippen LogP contribution < -0.4 is 5.73 Å². The van der Waals surface area contributed by atoms with Gasteiger partial charge in [-0.05, 0) is 79.7 Å². The van der Waals surface area contributed by atoms with Crippen LogP contribution in [0.3, 0.4) is 0 Å². The Morgan fingerprint density at radius 1 is 1.11 bits per heavy atom. The lowest BCUT2D eigenvalue weighted by Crippen LogP contribution is -2.39. The van der Waals surface area contributed by atoms with Crippen molar-refractivity contribution in [3.05, 3.63) is 83.9 Å². The molecule has 2 aromatic carbocycles. The number of nitrogens with zero attached hydrogens (tertiary/aromatic N) is 2. The number of aromatic nitrogens is 1. The number of amides is 1. The van der Waals surface area contributed by atoms with E-state index in [2.05, 4.69) is 16.0 Å². The molecule has 4 aromatic rings. The number of benzene rings is 2. The van der Waals surface area contributed by atoms with Gasteiger partial charge in [-0.15, -0.1) is 0 Å². The Morgan fingerprint density at radius 3 is 2.55 bits per heavy atom. The third kappa shape index (κ3) is 5.70. The maximum absolute atomic E-state index is 13.0. The molecule has 38 heavy (non-hydrogen) atoms. The first-order valence-corrected chi connectivity index (χ1v) is 14.6. The molecule has 5 rings (SSSR count). The average molecular weight is 535 g/mol. The first-order chi connectivity index (χ1) is 18.3. The normalized spacial score (nSPS) is 15.4. The minimum Gasteiger partial charge on any atom is -0.468 e. The number of furan rings is 1. The monoisotopic (exact) mass is 534 g/mol. The molecule has 0 saturated carbocycles. The van der Waals surface area contributed by atoms with Crippen LogP contribution in [0.4, 0.5) is 0 Å². The van der Waals surface area contributed by atoms with Crippen LogP contribution in [0.2, 0.25) is 0 Å². The predicted octanol–water partition coefficient (Wildman–Crippen LogP) is 4.56. The molecule has 9 heteroatoms. The molecule has 1 saturated heterocycles. The van der Waals surface area contributed by atoms with Crippen molar-refractivity contribution >= 4 is 26.8 Å². The Hall–Kier alpha value is -3.40. The molecule has 8 nitrogen and oxygen atoms in total. The van der Waals surface area contributed by atoms with E-state index >= 15 is 0 Å². The van der Waals surface area contributed by atoms with Gasteiger partial charge in [0.2, 0.25) is 10.0 Å². The highest BCUT2D eigenvalue weighted by Gasteiger charge is 2.30. The molecule has 0 spiro atoms. The van der Waals surface area contributed by atoms with Crippen LogP contribution in [0.1, 0.15) is 46.9 Å². The first-order valence-electron chi connectivity index (χ1n) is 13.0. The van der Waals surface area contributed by atoms with Crippen molar-refractivity contribution < 1.29 is 17.6 Å². The summed E-state index contributed by atoms with van der Waals surface area (Å²) in [7, 11) is -1.36. The second-order valence-electron chi connectivity index (χ2n) is 10.1. The minimum absolute atomic E-state index is 0.135. The van der Waals surface area contributed by atoms with Crippen LogP contribution >= 0.6 is 0 Å². The molecule has 1 amide bonds. The maximum atomic E-state index is 13.0. The Kier molecular flexibility index (Phi) is 7.69. The zero-order valence-electron chi connectivity index (χ0n) is 21.6. The summed E-state index contributed by atoms with van der Waals surface area (Å²) in [6.45, 7) is 2.32. The molecular weight excluding hydrogens is 500 g/mol. The van der Waals surface area contributed by atoms with Gasteiger partial charge in [0, 0.05) is 24.7 Å². The SMILES string of the molecule is CN(CCCS(=O)(=O)N1CCC(c2c[nH]c3c(C(N)=O)cc(-c4ccccc4)cc23)CC1)Cc1ccco1. The highest BCUT2D eigenvalue weighted by molar-refractivity contribution is 7.89. The number of carbonyl (C=O) groups is 1. The molecule has 1 aliphatic rings. The number of fused-ring (bicyclic) bond motifs is 1. The summed E-state index contributed by atoms with van der Waals surface area (Å²) in [6, 6.07) is 17.6. The van der Waals surface area contributed by atoms with Crippen LogP contribution in [-0.2, 0) is 16.6 Å². The lowest BCUT2D eigenvalue weighted by molar-refractivity contribution is 0.100. The first kappa shape index (κ1) is 26.2. The van der Waals surface area contributed by atoms with E-state index in [4.69, 9.17) is 10.2 Å². The Morgan fingerprint density at radius 2 is 1.87 bits per heavy atom. The molecule has 1 fully saturated rings. The molecule has 2 aromatic heterocycles. The van der Waals surface area contributed by atoms with Gasteiger partial charge in [0.25, 0.3) is 5.91 Å². The number of hydrogen-bond donors (Lipinski definition) is 2. The predicted molar refractivity (Wildman–Crippen MR) is 149 cm³/mol. The van der Waals surface area contributed by atoms with Gasteiger partial charge in [-0.2, -0.15) is 0 Å². The van der Waals surface area contributed by atoms with E-state index in [9.17, 15) is 13.2 Å². The zero-order chi connectivity index (χ0) is 26.7. The van der Waals surface area contributed by atoms with E-state index in [0.29, 0.717) is 38.2 Å². The van der Waals surface area contributed by atoms with E-state index in [1.807, 2.05) is 61.8 Å². The highest BCUT2D eigenvalue weighted by Crippen LogP contribution is 2.37. The van der Waals surface area contributed by atoms with Gasteiger partial charge in [0.1, 0.15) is 5.76 Å². The van der Waals surface area contributed by atoms with Crippen LogP contribution in [0.25, 0.3) is 22.0 Å². The van der Waals surface area contributed by atoms with Crippen LogP contribution in [0, 0.1) is 0 Å². The average Bonchev–Trinajstić information content (AvgIpc) is 3.58. The lowest BCUT2D eigenvalue weighted by Gasteiger charge is -2.31. The summed E-state index contributed by atoms with van der Waals surface area (Å²) in [6.07, 6.45) is 5.63. The molecular formula is C29H34N4O4S. The summed E-state index contributed by atoms with van der Waals surface area (Å²) < 4.78 is 33.1. The maximum Gasteiger partial charge on any atom is 0.250 e. The summed E-state index contributed by atoms with van der Waals surface area (Å²) in [4.78, 5) is 17.6. The fourth-order valence-electron chi connectivity index (χ4n) is 5.42. The number of primary amides is 1. The van der Waals surface area contributed by atoms with E-state index in [-0.39, 0.29) is 11.7 Å². The van der Waals surface area contributed by atoms with Crippen molar-refractivity contribution in [2.75, 3.05) is 32.4 Å². The second kappa shape index (κ2) is 11.1. The summed E-state index contributed by atoms with van der Waals surface area (Å²) in [5.74, 6) is 0.724. The highest BCUT2D eigenvalue weighted by atomic mass is 32.2. The van der Waals surface area contributed by atoms with E-state index < -0.39 is 15.9 Å². The number of aromatic amines is 1. The van der Waals surface area contributed by atoms with Crippen molar-refractivity contribution in [1.82, 2.24) is 14.2 Å². The van der Waals surface area contributed by atoms with Gasteiger partial charge < -0.3 is 15.1 Å². The third-order valence-corrected chi connectivity index (χ3v) is 9.39. The van der Waals surface area contributed by atoms with Gasteiger partial charge in [-0.3, -0.25) is 9.69 Å². The number of nitrogens with two attached hydrogens (primary N) is 1. The summed E-state index contributed by atoms with van der Waals surface area (Å²) in [5, 5.41) is 0.973. The zero-order valence-corrected chi connectivity index (χ0v) is 22.4. The molecule has 200 valence electrons. The standard InChI is InChI=1S/C29H34N4O4S/c1-32(20-24-9-5-15-37-24)12-6-16-38(35,36)33-13-10-22(11-14-33)27-19-31-28-25(27)17-23(18-26(28)29(30)34)21-7-3-2-4-8-21/h2-5,7-9,15,17-19,22,31H,6,10-14,16,20H2,1H3,(H2,30,34). The van der Waals surface area contributed by atoms with E-state index in [1.165, 1.54) is 0 Å². The molecule has 1 aliphatic heterocycles. The lowest BCUT2D eigenvalue weighted by atomic mass is 9.88. The fraction of sp³-hybridized carbons (Fsp3) is 0.345. The Balaban J connectivity index is 1.25. The number of sulfonamides is 1. The third-order valence-electron chi connectivity index (χ3n) is 7.43. The van der Waals surface area contributed by atoms with Gasteiger partial charge in [0.15, 0.2) is 0 Å². The molecule has 0 unspecified atom stereocenters. The summed E-state index contributed by atoms with van der Waals surface area (Å²) in [5.41, 5.74) is 9.99. The van der Waals surface area contributed by atoms with Crippen LogP contribution in [0.15, 0.2) is 71.5 Å². The Bertz CT molecular complexity index is 1490. The number of hydrogen-bond acceptors (Lipinski definition) is 5. The molecule has 0 radical (unpaired) electrons. The van der Waals surface area contributed by atoms with E-state index in [0.717, 1.165) is 46.2 Å². The fourth-order valence-corrected chi connectivity index (χ4v) is 6.94.